The van der Waals surface area contributed by atoms with Crippen molar-refractivity contribution < 1.29 is 27.3 Å². The maximum atomic E-state index is 9.84. The third-order valence-electron chi connectivity index (χ3n) is 4.38. The molecule has 1 aliphatic carbocycles. The average Bonchev–Trinajstić information content (AvgIpc) is 2.61. The molecule has 0 saturated heterocycles. The predicted octanol–water partition coefficient (Wildman–Crippen LogP) is 3.94. The number of aromatic hydroxyl groups is 2. The molecule has 1 unspecified atom stereocenters. The van der Waals surface area contributed by atoms with Gasteiger partial charge in [-0.15, -0.1) is 0 Å². The molecule has 1 fully saturated rings. The Morgan fingerprint density at radius 2 is 1.12 bits per heavy atom. The fourth-order valence-corrected chi connectivity index (χ4v) is 2.98. The van der Waals surface area contributed by atoms with Crippen molar-refractivity contribution in [2.24, 2.45) is 9.98 Å². The molecule has 1 saturated carbocycles. The van der Waals surface area contributed by atoms with Crippen LogP contribution in [0.5, 0.6) is 11.5 Å². The Morgan fingerprint density at radius 3 is 1.52 bits per heavy atom. The number of hydrogen-bond donors (Lipinski definition) is 2. The Kier molecular flexibility index (Phi) is 7.23. The standard InChI is InChI=1S/C20H22N2O2.Cu/c23-19-11-5-1-7-15(19)13-21-17-9-3-4-10-18(17)22-14-16-8-2-6-12-20(16)24;/h1-2,5-8,11-14,17-18,23-24H,3-4,9-10H2;/t17-,18?;/m0./s1. The van der Waals surface area contributed by atoms with Gasteiger partial charge in [-0.2, -0.15) is 0 Å². The first-order valence-electron chi connectivity index (χ1n) is 8.36. The van der Waals surface area contributed by atoms with Crippen LogP contribution >= 0.6 is 0 Å². The first kappa shape index (κ1) is 19.2. The molecule has 2 aromatic carbocycles. The van der Waals surface area contributed by atoms with Crippen LogP contribution in [-0.2, 0) is 17.1 Å². The number of benzene rings is 2. The van der Waals surface area contributed by atoms with E-state index in [9.17, 15) is 10.2 Å². The summed E-state index contributed by atoms with van der Waals surface area (Å²) in [5.74, 6) is 0.484. The second kappa shape index (κ2) is 9.40. The SMILES string of the molecule is Oc1ccccc1C=NC1CCCC[C@@H]1N=Cc1ccccc1O.[Cu]. The summed E-state index contributed by atoms with van der Waals surface area (Å²) < 4.78 is 0. The van der Waals surface area contributed by atoms with Gasteiger partial charge in [-0.1, -0.05) is 37.1 Å². The molecule has 2 atom stereocenters. The summed E-state index contributed by atoms with van der Waals surface area (Å²) in [5.41, 5.74) is 1.46. The molecule has 4 nitrogen and oxygen atoms in total. The van der Waals surface area contributed by atoms with E-state index in [-0.39, 0.29) is 40.7 Å². The van der Waals surface area contributed by atoms with Crippen molar-refractivity contribution in [1.29, 1.82) is 0 Å². The second-order valence-electron chi connectivity index (χ2n) is 6.09. The van der Waals surface area contributed by atoms with E-state index in [0.29, 0.717) is 0 Å². The van der Waals surface area contributed by atoms with E-state index >= 15 is 0 Å². The number of phenolic OH excluding ortho intramolecular Hbond substituents is 2. The van der Waals surface area contributed by atoms with Crippen molar-refractivity contribution >= 4 is 12.4 Å². The molecular formula is C20H22CuN2O2. The van der Waals surface area contributed by atoms with E-state index in [1.54, 1.807) is 36.7 Å². The summed E-state index contributed by atoms with van der Waals surface area (Å²) >= 11 is 0. The van der Waals surface area contributed by atoms with Crippen LogP contribution < -0.4 is 0 Å². The fraction of sp³-hybridized carbons (Fsp3) is 0.300. The van der Waals surface area contributed by atoms with Crippen LogP contribution in [0.1, 0.15) is 36.8 Å². The van der Waals surface area contributed by atoms with E-state index in [1.165, 1.54) is 0 Å². The van der Waals surface area contributed by atoms with E-state index < -0.39 is 0 Å². The minimum atomic E-state index is 0. The molecule has 25 heavy (non-hydrogen) atoms. The summed E-state index contributed by atoms with van der Waals surface area (Å²) in [4.78, 5) is 9.34. The molecule has 0 amide bonds. The molecular weight excluding hydrogens is 364 g/mol. The smallest absolute Gasteiger partial charge is 0.124 e. The Morgan fingerprint density at radius 1 is 0.720 bits per heavy atom. The van der Waals surface area contributed by atoms with Gasteiger partial charge in [0.25, 0.3) is 0 Å². The number of aliphatic imine (C=N–C) groups is 2. The summed E-state index contributed by atoms with van der Waals surface area (Å²) in [6.07, 6.45) is 7.76. The summed E-state index contributed by atoms with van der Waals surface area (Å²) in [5, 5.41) is 19.7. The Bertz CT molecular complexity index is 682. The van der Waals surface area contributed by atoms with E-state index in [0.717, 1.165) is 36.8 Å². The molecule has 135 valence electrons. The molecule has 0 aromatic heterocycles. The molecule has 3 rings (SSSR count). The average molecular weight is 386 g/mol. The molecule has 0 heterocycles. The van der Waals surface area contributed by atoms with Gasteiger partial charge in [-0.25, -0.2) is 0 Å². The summed E-state index contributed by atoms with van der Waals surface area (Å²) in [6.45, 7) is 0. The van der Waals surface area contributed by atoms with Gasteiger partial charge in [0.05, 0.1) is 12.1 Å². The topological polar surface area (TPSA) is 65.2 Å². The monoisotopic (exact) mass is 385 g/mol. The minimum Gasteiger partial charge on any atom is -0.507 e. The number of hydrogen-bond acceptors (Lipinski definition) is 4. The zero-order valence-corrected chi connectivity index (χ0v) is 14.8. The van der Waals surface area contributed by atoms with Crippen molar-refractivity contribution in [3.05, 3.63) is 59.7 Å². The van der Waals surface area contributed by atoms with Crippen LogP contribution in [0.25, 0.3) is 0 Å². The number of phenols is 2. The Hall–Kier alpha value is -2.10. The molecule has 1 radical (unpaired) electrons. The van der Waals surface area contributed by atoms with E-state index in [2.05, 4.69) is 9.98 Å². The third-order valence-corrected chi connectivity index (χ3v) is 4.38. The molecule has 2 N–H and O–H groups in total. The quantitative estimate of drug-likeness (QED) is 0.618. The van der Waals surface area contributed by atoms with Crippen LogP contribution in [0.2, 0.25) is 0 Å². The predicted molar refractivity (Wildman–Crippen MR) is 97.4 cm³/mol. The molecule has 1 aliphatic rings. The van der Waals surface area contributed by atoms with Gasteiger partial charge in [0.15, 0.2) is 0 Å². The fourth-order valence-electron chi connectivity index (χ4n) is 2.98. The summed E-state index contributed by atoms with van der Waals surface area (Å²) in [6, 6.07) is 14.6. The minimum absolute atomic E-state index is 0. The van der Waals surface area contributed by atoms with Crippen LogP contribution in [0.15, 0.2) is 58.5 Å². The first-order valence-corrected chi connectivity index (χ1v) is 8.36. The molecule has 2 aromatic rings. The zero-order chi connectivity index (χ0) is 16.8. The maximum Gasteiger partial charge on any atom is 0.124 e. The zero-order valence-electron chi connectivity index (χ0n) is 13.8. The largest absolute Gasteiger partial charge is 0.507 e. The third kappa shape index (κ3) is 5.18. The van der Waals surface area contributed by atoms with Crippen LogP contribution in [0.3, 0.4) is 0 Å². The van der Waals surface area contributed by atoms with Gasteiger partial charge >= 0.3 is 0 Å². The van der Waals surface area contributed by atoms with Crippen molar-refractivity contribution in [1.82, 2.24) is 0 Å². The number of para-hydroxylation sites is 2. The van der Waals surface area contributed by atoms with E-state index in [4.69, 9.17) is 0 Å². The van der Waals surface area contributed by atoms with E-state index in [1.807, 2.05) is 24.3 Å². The molecule has 0 bridgehead atoms. The van der Waals surface area contributed by atoms with Crippen molar-refractivity contribution in [2.75, 3.05) is 0 Å². The molecule has 0 spiro atoms. The van der Waals surface area contributed by atoms with Gasteiger partial charge in [-0.3, -0.25) is 9.98 Å². The van der Waals surface area contributed by atoms with Gasteiger partial charge in [0.2, 0.25) is 0 Å². The van der Waals surface area contributed by atoms with Crippen molar-refractivity contribution in [3.63, 3.8) is 0 Å². The van der Waals surface area contributed by atoms with Gasteiger partial charge in [-0.05, 0) is 37.1 Å². The first-order chi connectivity index (χ1) is 11.7. The number of rotatable bonds is 4. The van der Waals surface area contributed by atoms with Crippen LogP contribution in [0.4, 0.5) is 0 Å². The number of nitrogens with zero attached hydrogens (tertiary/aromatic N) is 2. The van der Waals surface area contributed by atoms with Crippen LogP contribution in [-0.4, -0.2) is 34.7 Å². The Labute approximate surface area is 158 Å². The maximum absolute atomic E-state index is 9.84. The Balaban J connectivity index is 0.00000225. The molecule has 5 heteroatoms. The van der Waals surface area contributed by atoms with Gasteiger partial charge in [0, 0.05) is 40.6 Å². The molecule has 0 aliphatic heterocycles. The van der Waals surface area contributed by atoms with Gasteiger partial charge in [0.1, 0.15) is 11.5 Å². The normalized spacial score (nSPS) is 20.6. The van der Waals surface area contributed by atoms with Crippen molar-refractivity contribution in [2.45, 2.75) is 37.8 Å². The van der Waals surface area contributed by atoms with Gasteiger partial charge < -0.3 is 10.2 Å². The van der Waals surface area contributed by atoms with Crippen LogP contribution in [0, 0.1) is 0 Å². The summed E-state index contributed by atoms with van der Waals surface area (Å²) in [7, 11) is 0. The second-order valence-corrected chi connectivity index (χ2v) is 6.09. The van der Waals surface area contributed by atoms with Crippen molar-refractivity contribution in [3.8, 4) is 11.5 Å².